The number of hydrogen-bond acceptors (Lipinski definition) is 4. The van der Waals surface area contributed by atoms with E-state index in [1.807, 2.05) is 6.92 Å². The van der Waals surface area contributed by atoms with Crippen LogP contribution in [-0.4, -0.2) is 26.2 Å². The molecule has 0 saturated heterocycles. The SMILES string of the molecule is CCC(NCCCN=[N+]=[N-])(C(=O)OC)c1cccc(F)c1. The molecule has 6 nitrogen and oxygen atoms in total. The van der Waals surface area contributed by atoms with Crippen LogP contribution in [-0.2, 0) is 15.1 Å². The Morgan fingerprint density at radius 2 is 2.33 bits per heavy atom. The Hall–Kier alpha value is -2.11. The molecule has 0 aliphatic rings. The minimum absolute atomic E-state index is 0.327. The maximum absolute atomic E-state index is 13.5. The van der Waals surface area contributed by atoms with Gasteiger partial charge in [0.25, 0.3) is 0 Å². The summed E-state index contributed by atoms with van der Waals surface area (Å²) >= 11 is 0. The van der Waals surface area contributed by atoms with Gasteiger partial charge in [0.15, 0.2) is 0 Å². The van der Waals surface area contributed by atoms with Crippen LogP contribution < -0.4 is 5.32 Å². The van der Waals surface area contributed by atoms with E-state index >= 15 is 0 Å². The molecule has 0 amide bonds. The van der Waals surface area contributed by atoms with Gasteiger partial charge in [-0.3, -0.25) is 5.32 Å². The van der Waals surface area contributed by atoms with Crippen molar-refractivity contribution in [2.45, 2.75) is 25.3 Å². The minimum Gasteiger partial charge on any atom is -0.467 e. The lowest BCUT2D eigenvalue weighted by Crippen LogP contribution is -2.50. The molecule has 0 spiro atoms. The second kappa shape index (κ2) is 8.24. The minimum atomic E-state index is -1.10. The molecule has 0 heterocycles. The number of ether oxygens (including phenoxy) is 1. The summed E-state index contributed by atoms with van der Waals surface area (Å²) in [4.78, 5) is 14.9. The molecule has 0 saturated carbocycles. The molecule has 1 aromatic carbocycles. The van der Waals surface area contributed by atoms with Crippen LogP contribution in [0, 0.1) is 5.82 Å². The van der Waals surface area contributed by atoms with Crippen LogP contribution in [0.4, 0.5) is 4.39 Å². The van der Waals surface area contributed by atoms with Crippen molar-refractivity contribution >= 4 is 5.97 Å². The lowest BCUT2D eigenvalue weighted by atomic mass is 9.87. The van der Waals surface area contributed by atoms with Crippen molar-refractivity contribution in [3.8, 4) is 0 Å². The first-order valence-corrected chi connectivity index (χ1v) is 6.71. The summed E-state index contributed by atoms with van der Waals surface area (Å²) in [6.45, 7) is 2.59. The van der Waals surface area contributed by atoms with Crippen LogP contribution in [0.1, 0.15) is 25.3 Å². The first kappa shape index (κ1) is 16.9. The van der Waals surface area contributed by atoms with Gasteiger partial charge in [0.1, 0.15) is 11.4 Å². The quantitative estimate of drug-likeness (QED) is 0.263. The smallest absolute Gasteiger partial charge is 0.330 e. The number of nitrogens with zero attached hydrogens (tertiary/aromatic N) is 3. The van der Waals surface area contributed by atoms with Crippen molar-refractivity contribution in [3.63, 3.8) is 0 Å². The molecule has 1 rings (SSSR count). The van der Waals surface area contributed by atoms with Crippen LogP contribution in [0.2, 0.25) is 0 Å². The third kappa shape index (κ3) is 4.18. The highest BCUT2D eigenvalue weighted by atomic mass is 19.1. The Bertz CT molecular complexity index is 531. The van der Waals surface area contributed by atoms with Crippen molar-refractivity contribution < 1.29 is 13.9 Å². The zero-order valence-corrected chi connectivity index (χ0v) is 12.2. The number of methoxy groups -OCH3 is 1. The molecule has 0 aliphatic carbocycles. The van der Waals surface area contributed by atoms with Crippen molar-refractivity contribution in [3.05, 3.63) is 46.1 Å². The molecule has 0 radical (unpaired) electrons. The molecule has 1 aromatic rings. The van der Waals surface area contributed by atoms with E-state index in [1.54, 1.807) is 12.1 Å². The third-order valence-electron chi connectivity index (χ3n) is 3.31. The van der Waals surface area contributed by atoms with Crippen molar-refractivity contribution in [2.24, 2.45) is 5.11 Å². The molecule has 1 atom stereocenters. The Labute approximate surface area is 122 Å². The van der Waals surface area contributed by atoms with Gasteiger partial charge in [-0.25, -0.2) is 9.18 Å². The molecule has 0 aliphatic heterocycles. The highest BCUT2D eigenvalue weighted by Gasteiger charge is 2.39. The highest BCUT2D eigenvalue weighted by Crippen LogP contribution is 2.27. The first-order chi connectivity index (χ1) is 10.1. The summed E-state index contributed by atoms with van der Waals surface area (Å²) in [6, 6.07) is 5.88. The average Bonchev–Trinajstić information content (AvgIpc) is 2.50. The third-order valence-corrected chi connectivity index (χ3v) is 3.31. The van der Waals surface area contributed by atoms with E-state index in [0.29, 0.717) is 31.5 Å². The van der Waals surface area contributed by atoms with E-state index in [0.717, 1.165) is 0 Å². The van der Waals surface area contributed by atoms with Gasteiger partial charge in [0, 0.05) is 11.5 Å². The van der Waals surface area contributed by atoms with Gasteiger partial charge in [0.05, 0.1) is 7.11 Å². The number of rotatable bonds is 8. The monoisotopic (exact) mass is 294 g/mol. The number of halogens is 1. The van der Waals surface area contributed by atoms with Gasteiger partial charge >= 0.3 is 5.97 Å². The van der Waals surface area contributed by atoms with Gasteiger partial charge in [-0.15, -0.1) is 0 Å². The van der Waals surface area contributed by atoms with Gasteiger partial charge in [0.2, 0.25) is 0 Å². The molecule has 0 fully saturated rings. The molecule has 1 N–H and O–H groups in total. The van der Waals surface area contributed by atoms with Crippen LogP contribution in [0.15, 0.2) is 29.4 Å². The first-order valence-electron chi connectivity index (χ1n) is 6.71. The van der Waals surface area contributed by atoms with Crippen molar-refractivity contribution in [2.75, 3.05) is 20.2 Å². The van der Waals surface area contributed by atoms with Crippen LogP contribution in [0.5, 0.6) is 0 Å². The van der Waals surface area contributed by atoms with Crippen LogP contribution in [0.3, 0.4) is 0 Å². The fourth-order valence-corrected chi connectivity index (χ4v) is 2.19. The standard InChI is InChI=1S/C14H19FN4O2/c1-3-14(13(20)21-2,17-8-5-9-18-19-16)11-6-4-7-12(15)10-11/h4,6-7,10,17H,3,5,8-9H2,1-2H3. The van der Waals surface area contributed by atoms with Crippen molar-refractivity contribution in [1.29, 1.82) is 0 Å². The fraction of sp³-hybridized carbons (Fsp3) is 0.500. The van der Waals surface area contributed by atoms with E-state index in [-0.39, 0.29) is 0 Å². The Balaban J connectivity index is 2.99. The largest absolute Gasteiger partial charge is 0.467 e. The lowest BCUT2D eigenvalue weighted by molar-refractivity contribution is -0.149. The van der Waals surface area contributed by atoms with Gasteiger partial charge in [-0.05, 0) is 42.6 Å². The Morgan fingerprint density at radius 3 is 2.90 bits per heavy atom. The Kier molecular flexibility index (Phi) is 6.65. The van der Waals surface area contributed by atoms with Crippen LogP contribution in [0.25, 0.3) is 10.4 Å². The van der Waals surface area contributed by atoms with E-state index in [4.69, 9.17) is 10.3 Å². The second-order valence-corrected chi connectivity index (χ2v) is 4.50. The lowest BCUT2D eigenvalue weighted by Gasteiger charge is -2.31. The summed E-state index contributed by atoms with van der Waals surface area (Å²) in [5.74, 6) is -0.885. The molecule has 1 unspecified atom stereocenters. The van der Waals surface area contributed by atoms with Crippen LogP contribution >= 0.6 is 0 Å². The topological polar surface area (TPSA) is 87.1 Å². The predicted molar refractivity (Wildman–Crippen MR) is 77.0 cm³/mol. The second-order valence-electron chi connectivity index (χ2n) is 4.50. The van der Waals surface area contributed by atoms with Gasteiger partial charge in [-0.2, -0.15) is 0 Å². The number of esters is 1. The van der Waals surface area contributed by atoms with Gasteiger partial charge in [-0.1, -0.05) is 24.2 Å². The Morgan fingerprint density at radius 1 is 1.57 bits per heavy atom. The number of carbonyl (C=O) groups is 1. The molecule has 114 valence electrons. The summed E-state index contributed by atoms with van der Waals surface area (Å²) in [7, 11) is 1.30. The molecule has 0 bridgehead atoms. The highest BCUT2D eigenvalue weighted by molar-refractivity contribution is 5.82. The summed E-state index contributed by atoms with van der Waals surface area (Å²) in [5, 5.41) is 6.54. The number of benzene rings is 1. The van der Waals surface area contributed by atoms with E-state index < -0.39 is 17.3 Å². The number of nitrogens with one attached hydrogen (secondary N) is 1. The average molecular weight is 294 g/mol. The molecular formula is C14H19FN4O2. The predicted octanol–water partition coefficient (Wildman–Crippen LogP) is 2.89. The number of azide groups is 1. The maximum atomic E-state index is 13.5. The van der Waals surface area contributed by atoms with Crippen molar-refractivity contribution in [1.82, 2.24) is 5.32 Å². The normalized spacial score (nSPS) is 13.1. The maximum Gasteiger partial charge on any atom is 0.330 e. The number of carbonyl (C=O) groups excluding carboxylic acids is 1. The fourth-order valence-electron chi connectivity index (χ4n) is 2.19. The summed E-state index contributed by atoms with van der Waals surface area (Å²) < 4.78 is 18.3. The molecular weight excluding hydrogens is 275 g/mol. The van der Waals surface area contributed by atoms with Gasteiger partial charge < -0.3 is 4.74 Å². The zero-order chi connectivity index (χ0) is 15.7. The van der Waals surface area contributed by atoms with E-state index in [9.17, 15) is 9.18 Å². The van der Waals surface area contributed by atoms with E-state index in [1.165, 1.54) is 19.2 Å². The summed E-state index contributed by atoms with van der Waals surface area (Å²) in [5.41, 5.74) is 7.64. The zero-order valence-electron chi connectivity index (χ0n) is 12.2. The molecule has 0 aromatic heterocycles. The number of hydrogen-bond donors (Lipinski definition) is 1. The molecule has 21 heavy (non-hydrogen) atoms. The van der Waals surface area contributed by atoms with E-state index in [2.05, 4.69) is 15.3 Å². The molecule has 7 heteroatoms. The summed E-state index contributed by atoms with van der Waals surface area (Å²) in [6.07, 6.45) is 0.975.